The third-order valence-electron chi connectivity index (χ3n) is 5.21. The zero-order valence-electron chi connectivity index (χ0n) is 17.0. The van der Waals surface area contributed by atoms with E-state index in [1.165, 1.54) is 0 Å². The Balaban J connectivity index is 1.45. The van der Waals surface area contributed by atoms with Crippen molar-refractivity contribution in [2.24, 2.45) is 0 Å². The number of carbonyl (C=O) groups is 2. The number of fused-ring (bicyclic) bond motifs is 1. The van der Waals surface area contributed by atoms with Gasteiger partial charge in [0.15, 0.2) is 0 Å². The van der Waals surface area contributed by atoms with Crippen molar-refractivity contribution in [2.45, 2.75) is 25.5 Å². The molecule has 2 N–H and O–H groups in total. The molecule has 30 heavy (non-hydrogen) atoms. The Bertz CT molecular complexity index is 1100. The summed E-state index contributed by atoms with van der Waals surface area (Å²) in [5.41, 5.74) is 1.15. The number of benzene rings is 3. The number of urea groups is 1. The monoisotopic (exact) mass is 404 g/mol. The van der Waals surface area contributed by atoms with Crippen LogP contribution in [0.25, 0.3) is 21.9 Å². The van der Waals surface area contributed by atoms with Gasteiger partial charge >= 0.3 is 6.03 Å². The highest BCUT2D eigenvalue weighted by Gasteiger charge is 2.44. The quantitative estimate of drug-likeness (QED) is 0.616. The first-order valence-corrected chi connectivity index (χ1v) is 9.88. The van der Waals surface area contributed by atoms with Crippen LogP contribution in [0.3, 0.4) is 0 Å². The van der Waals surface area contributed by atoms with Crippen molar-refractivity contribution in [1.82, 2.24) is 10.2 Å². The van der Waals surface area contributed by atoms with Crippen LogP contribution in [-0.4, -0.2) is 46.7 Å². The van der Waals surface area contributed by atoms with Gasteiger partial charge in [-0.05, 0) is 47.9 Å². The number of amides is 3. The average molecular weight is 404 g/mol. The molecule has 4 rings (SSSR count). The normalized spacial score (nSPS) is 16.6. The predicted molar refractivity (Wildman–Crippen MR) is 115 cm³/mol. The molecule has 0 aliphatic carbocycles. The Morgan fingerprint density at radius 1 is 1.03 bits per heavy atom. The van der Waals surface area contributed by atoms with Crippen molar-refractivity contribution in [3.05, 3.63) is 66.7 Å². The van der Waals surface area contributed by atoms with Crippen LogP contribution in [0, 0.1) is 0 Å². The number of aliphatic hydroxyl groups is 1. The number of ether oxygens (including phenoxy) is 1. The van der Waals surface area contributed by atoms with Gasteiger partial charge in [0.25, 0.3) is 5.91 Å². The van der Waals surface area contributed by atoms with Crippen LogP contribution >= 0.6 is 0 Å². The summed E-state index contributed by atoms with van der Waals surface area (Å²) in [5.74, 6) is 0.251. The van der Waals surface area contributed by atoms with E-state index in [1.807, 2.05) is 42.5 Å². The molecule has 1 saturated heterocycles. The lowest BCUT2D eigenvalue weighted by Crippen LogP contribution is -2.42. The van der Waals surface area contributed by atoms with Crippen LogP contribution in [0.1, 0.15) is 13.8 Å². The fraction of sp³-hybridized carbons (Fsp3) is 0.250. The third-order valence-corrected chi connectivity index (χ3v) is 5.21. The number of imide groups is 1. The molecule has 3 amide bonds. The molecule has 1 aliphatic rings. The minimum Gasteiger partial charge on any atom is -0.491 e. The van der Waals surface area contributed by atoms with Crippen molar-refractivity contribution < 1.29 is 19.4 Å². The highest BCUT2D eigenvalue weighted by atomic mass is 16.5. The predicted octanol–water partition coefficient (Wildman–Crippen LogP) is 3.58. The van der Waals surface area contributed by atoms with E-state index in [4.69, 9.17) is 4.74 Å². The molecule has 0 aromatic heterocycles. The van der Waals surface area contributed by atoms with E-state index in [0.29, 0.717) is 5.75 Å². The maximum atomic E-state index is 12.2. The number of nitrogens with one attached hydrogen (secondary N) is 1. The van der Waals surface area contributed by atoms with Crippen LogP contribution in [0.2, 0.25) is 0 Å². The lowest BCUT2D eigenvalue weighted by atomic mass is 9.98. The first kappa shape index (κ1) is 19.9. The van der Waals surface area contributed by atoms with Gasteiger partial charge < -0.3 is 15.2 Å². The molecule has 1 fully saturated rings. The maximum absolute atomic E-state index is 12.2. The molecule has 0 spiro atoms. The highest BCUT2D eigenvalue weighted by Crippen LogP contribution is 2.30. The summed E-state index contributed by atoms with van der Waals surface area (Å²) in [6.45, 7) is 3.12. The molecule has 1 atom stereocenters. The molecule has 1 unspecified atom stereocenters. The van der Waals surface area contributed by atoms with Gasteiger partial charge in [-0.15, -0.1) is 0 Å². The number of hydrogen-bond acceptors (Lipinski definition) is 4. The summed E-state index contributed by atoms with van der Waals surface area (Å²) in [6, 6.07) is 21.5. The smallest absolute Gasteiger partial charge is 0.325 e. The van der Waals surface area contributed by atoms with Gasteiger partial charge in [0, 0.05) is 0 Å². The van der Waals surface area contributed by atoms with E-state index >= 15 is 0 Å². The fourth-order valence-corrected chi connectivity index (χ4v) is 3.67. The zero-order valence-corrected chi connectivity index (χ0v) is 17.0. The average Bonchev–Trinajstić information content (AvgIpc) is 2.93. The highest BCUT2D eigenvalue weighted by molar-refractivity contribution is 6.06. The van der Waals surface area contributed by atoms with Crippen molar-refractivity contribution in [3.8, 4) is 16.9 Å². The third kappa shape index (κ3) is 3.86. The number of hydrogen-bond donors (Lipinski definition) is 2. The van der Waals surface area contributed by atoms with Crippen molar-refractivity contribution in [2.75, 3.05) is 13.2 Å². The molecule has 6 nitrogen and oxygen atoms in total. The molecule has 3 aromatic rings. The van der Waals surface area contributed by atoms with Gasteiger partial charge in [0.05, 0.1) is 6.54 Å². The van der Waals surface area contributed by atoms with Crippen LogP contribution in [0.5, 0.6) is 5.75 Å². The second-order valence-corrected chi connectivity index (χ2v) is 7.99. The maximum Gasteiger partial charge on any atom is 0.325 e. The molecule has 154 valence electrons. The minimum atomic E-state index is -0.991. The van der Waals surface area contributed by atoms with Gasteiger partial charge in [0.2, 0.25) is 0 Å². The Morgan fingerprint density at radius 2 is 1.77 bits per heavy atom. The first-order valence-electron chi connectivity index (χ1n) is 9.88. The molecule has 1 aliphatic heterocycles. The van der Waals surface area contributed by atoms with E-state index < -0.39 is 17.7 Å². The second kappa shape index (κ2) is 7.80. The standard InChI is InChI=1S/C24H24N2O4/c1-24(2)22(28)26(23(29)25-24)14-18(27)15-30-19-10-5-9-17(13-19)21-12-6-8-16-7-3-4-11-20(16)21/h3-13,18,27H,14-15H2,1-2H3,(H,25,29). The fourth-order valence-electron chi connectivity index (χ4n) is 3.67. The second-order valence-electron chi connectivity index (χ2n) is 7.99. The Labute approximate surface area is 175 Å². The van der Waals surface area contributed by atoms with Crippen molar-refractivity contribution >= 4 is 22.7 Å². The van der Waals surface area contributed by atoms with E-state index in [9.17, 15) is 14.7 Å². The Hall–Kier alpha value is -3.38. The molecular weight excluding hydrogens is 380 g/mol. The van der Waals surface area contributed by atoms with E-state index in [0.717, 1.165) is 26.8 Å². The summed E-state index contributed by atoms with van der Waals surface area (Å²) in [6.07, 6.45) is -0.991. The van der Waals surface area contributed by atoms with E-state index in [2.05, 4.69) is 29.6 Å². The van der Waals surface area contributed by atoms with E-state index in [1.54, 1.807) is 13.8 Å². The number of aliphatic hydroxyl groups excluding tert-OH is 1. The Kier molecular flexibility index (Phi) is 5.18. The largest absolute Gasteiger partial charge is 0.491 e. The minimum absolute atomic E-state index is 0.0313. The van der Waals surface area contributed by atoms with Crippen LogP contribution in [0.15, 0.2) is 66.7 Å². The summed E-state index contributed by atoms with van der Waals surface area (Å²) in [7, 11) is 0. The molecule has 0 bridgehead atoms. The van der Waals surface area contributed by atoms with Crippen molar-refractivity contribution in [1.29, 1.82) is 0 Å². The van der Waals surface area contributed by atoms with Crippen LogP contribution < -0.4 is 10.1 Å². The number of carbonyl (C=O) groups excluding carboxylic acids is 2. The lowest BCUT2D eigenvalue weighted by Gasteiger charge is -2.19. The zero-order chi connectivity index (χ0) is 21.3. The van der Waals surface area contributed by atoms with Gasteiger partial charge in [-0.1, -0.05) is 54.6 Å². The van der Waals surface area contributed by atoms with Crippen LogP contribution in [-0.2, 0) is 4.79 Å². The molecule has 0 saturated carbocycles. The molecule has 6 heteroatoms. The van der Waals surface area contributed by atoms with Gasteiger partial charge in [-0.2, -0.15) is 0 Å². The number of rotatable bonds is 6. The molecule has 1 heterocycles. The van der Waals surface area contributed by atoms with Gasteiger partial charge in [0.1, 0.15) is 24.0 Å². The van der Waals surface area contributed by atoms with Crippen LogP contribution in [0.4, 0.5) is 4.79 Å². The topological polar surface area (TPSA) is 78.9 Å². The molecule has 0 radical (unpaired) electrons. The summed E-state index contributed by atoms with van der Waals surface area (Å²) in [5, 5.41) is 15.2. The SMILES string of the molecule is CC1(C)NC(=O)N(CC(O)COc2cccc(-c3cccc4ccccc34)c2)C1=O. The number of nitrogens with zero attached hydrogens (tertiary/aromatic N) is 1. The Morgan fingerprint density at radius 3 is 2.53 bits per heavy atom. The lowest BCUT2D eigenvalue weighted by molar-refractivity contribution is -0.131. The molecule has 3 aromatic carbocycles. The summed E-state index contributed by atoms with van der Waals surface area (Å²) >= 11 is 0. The van der Waals surface area contributed by atoms with Gasteiger partial charge in [-0.25, -0.2) is 4.79 Å². The summed E-state index contributed by atoms with van der Waals surface area (Å²) < 4.78 is 5.76. The van der Waals surface area contributed by atoms with E-state index in [-0.39, 0.29) is 19.1 Å². The van der Waals surface area contributed by atoms with Crippen molar-refractivity contribution in [3.63, 3.8) is 0 Å². The number of β-amino-alcohol motifs (C(OH)–C–C–N with tert-alkyl or cyclic N) is 1. The molecular formula is C24H24N2O4. The van der Waals surface area contributed by atoms with Gasteiger partial charge in [-0.3, -0.25) is 9.69 Å². The summed E-state index contributed by atoms with van der Waals surface area (Å²) in [4.78, 5) is 25.2. The first-order chi connectivity index (χ1) is 14.3.